The Morgan fingerprint density at radius 2 is 1.92 bits per heavy atom. The fourth-order valence-electron chi connectivity index (χ4n) is 3.46. The predicted octanol–water partition coefficient (Wildman–Crippen LogP) is 2.39. The number of amides is 1. The Bertz CT molecular complexity index is 748. The van der Waals surface area contributed by atoms with E-state index in [4.69, 9.17) is 0 Å². The highest BCUT2D eigenvalue weighted by atomic mass is 35.5. The van der Waals surface area contributed by atoms with Crippen LogP contribution in [0.4, 0.5) is 11.4 Å². The summed E-state index contributed by atoms with van der Waals surface area (Å²) >= 11 is 0. The molecule has 0 bridgehead atoms. The number of aromatic amines is 1. The fourth-order valence-corrected chi connectivity index (χ4v) is 3.46. The van der Waals surface area contributed by atoms with Gasteiger partial charge in [-0.2, -0.15) is 5.10 Å². The monoisotopic (exact) mass is 383 g/mol. The number of H-pyrrole nitrogens is 1. The largest absolute Gasteiger partial charge is 0.373 e. The van der Waals surface area contributed by atoms with Gasteiger partial charge in [0, 0.05) is 50.9 Å². The Kier molecular flexibility index (Phi) is 6.32. The van der Waals surface area contributed by atoms with Crippen LogP contribution in [-0.4, -0.2) is 42.8 Å². The quantitative estimate of drug-likeness (QED) is 0.793. The molecule has 2 N–H and O–H groups in total. The van der Waals surface area contributed by atoms with Crippen molar-refractivity contribution < 1.29 is 4.79 Å². The number of halogens is 2. The maximum atomic E-state index is 13.2. The molecule has 1 aromatic carbocycles. The Morgan fingerprint density at radius 3 is 2.72 bits per heavy atom. The van der Waals surface area contributed by atoms with Gasteiger partial charge >= 0.3 is 0 Å². The molecule has 0 aliphatic carbocycles. The van der Waals surface area contributed by atoms with Crippen LogP contribution in [0.15, 0.2) is 24.3 Å². The van der Waals surface area contributed by atoms with Crippen molar-refractivity contribution in [3.63, 3.8) is 0 Å². The van der Waals surface area contributed by atoms with Crippen molar-refractivity contribution in [2.24, 2.45) is 0 Å². The number of anilines is 2. The molecule has 8 heteroatoms. The molecule has 0 radical (unpaired) electrons. The van der Waals surface area contributed by atoms with E-state index in [-0.39, 0.29) is 30.7 Å². The van der Waals surface area contributed by atoms with Crippen LogP contribution in [0, 0.1) is 0 Å². The lowest BCUT2D eigenvalue weighted by atomic mass is 10.1. The molecule has 1 amide bonds. The first-order valence-electron chi connectivity index (χ1n) is 8.14. The zero-order chi connectivity index (χ0) is 15.8. The van der Waals surface area contributed by atoms with Crippen molar-refractivity contribution in [1.29, 1.82) is 0 Å². The highest BCUT2D eigenvalue weighted by Crippen LogP contribution is 2.32. The summed E-state index contributed by atoms with van der Waals surface area (Å²) in [4.78, 5) is 17.2. The standard InChI is InChI=1S/C17H21N5O.2ClH/c1-21-9-4-10-22(15-6-3-2-5-14(15)21)17(23)16-12-11-18-8-7-13(12)19-20-16;;/h2-3,5-6,18H,4,7-11H2,1H3,(H,19,20);2*1H. The third-order valence-electron chi connectivity index (χ3n) is 4.71. The number of benzene rings is 1. The fraction of sp³-hybridized carbons (Fsp3) is 0.412. The number of para-hydroxylation sites is 2. The molecule has 1 aromatic heterocycles. The molecule has 0 unspecified atom stereocenters. The third-order valence-corrected chi connectivity index (χ3v) is 4.71. The van der Waals surface area contributed by atoms with Crippen LogP contribution in [0.5, 0.6) is 0 Å². The van der Waals surface area contributed by atoms with Crippen molar-refractivity contribution in [2.75, 3.05) is 36.5 Å². The molecule has 3 heterocycles. The number of hydrogen-bond acceptors (Lipinski definition) is 4. The molecule has 2 aromatic rings. The molecule has 0 saturated heterocycles. The molecule has 0 fully saturated rings. The summed E-state index contributed by atoms with van der Waals surface area (Å²) in [5.74, 6) is -0.00560. The topological polar surface area (TPSA) is 64.3 Å². The lowest BCUT2D eigenvalue weighted by Gasteiger charge is -2.24. The van der Waals surface area contributed by atoms with E-state index in [1.54, 1.807) is 0 Å². The van der Waals surface area contributed by atoms with Crippen LogP contribution >= 0.6 is 24.8 Å². The van der Waals surface area contributed by atoms with Gasteiger partial charge in [0.05, 0.1) is 11.4 Å². The van der Waals surface area contributed by atoms with Gasteiger partial charge in [0.25, 0.3) is 5.91 Å². The molecule has 25 heavy (non-hydrogen) atoms. The average molecular weight is 384 g/mol. The van der Waals surface area contributed by atoms with Crippen molar-refractivity contribution >= 4 is 42.1 Å². The maximum absolute atomic E-state index is 13.2. The minimum atomic E-state index is -0.00560. The number of rotatable bonds is 1. The highest BCUT2D eigenvalue weighted by Gasteiger charge is 2.29. The summed E-state index contributed by atoms with van der Waals surface area (Å²) in [5.41, 5.74) is 4.74. The molecule has 0 atom stereocenters. The first kappa shape index (κ1) is 19.6. The first-order chi connectivity index (χ1) is 11.3. The zero-order valence-corrected chi connectivity index (χ0v) is 15.8. The number of fused-ring (bicyclic) bond motifs is 2. The van der Waals surface area contributed by atoms with Gasteiger partial charge < -0.3 is 15.1 Å². The van der Waals surface area contributed by atoms with Crippen molar-refractivity contribution in [1.82, 2.24) is 15.5 Å². The first-order valence-corrected chi connectivity index (χ1v) is 8.14. The summed E-state index contributed by atoms with van der Waals surface area (Å²) in [6.45, 7) is 3.30. The van der Waals surface area contributed by atoms with Crippen LogP contribution in [0.3, 0.4) is 0 Å². The average Bonchev–Trinajstić information content (AvgIpc) is 2.94. The van der Waals surface area contributed by atoms with E-state index in [9.17, 15) is 4.79 Å². The van der Waals surface area contributed by atoms with Gasteiger partial charge in [-0.3, -0.25) is 9.89 Å². The Morgan fingerprint density at radius 1 is 1.16 bits per heavy atom. The van der Waals surface area contributed by atoms with E-state index in [0.29, 0.717) is 12.2 Å². The normalized spacial score (nSPS) is 16.0. The smallest absolute Gasteiger partial charge is 0.279 e. The number of aromatic nitrogens is 2. The lowest BCUT2D eigenvalue weighted by molar-refractivity contribution is 0.0981. The van der Waals surface area contributed by atoms with Gasteiger partial charge in [-0.25, -0.2) is 0 Å². The van der Waals surface area contributed by atoms with E-state index in [1.807, 2.05) is 23.1 Å². The third kappa shape index (κ3) is 3.47. The predicted molar refractivity (Wildman–Crippen MR) is 104 cm³/mol. The number of nitrogens with zero attached hydrogens (tertiary/aromatic N) is 3. The van der Waals surface area contributed by atoms with Gasteiger partial charge in [0.1, 0.15) is 0 Å². The maximum Gasteiger partial charge on any atom is 0.279 e. The van der Waals surface area contributed by atoms with Crippen LogP contribution in [0.1, 0.15) is 28.2 Å². The van der Waals surface area contributed by atoms with E-state index in [0.717, 1.165) is 55.1 Å². The molecule has 2 aliphatic rings. The van der Waals surface area contributed by atoms with Crippen molar-refractivity contribution in [3.8, 4) is 0 Å². The summed E-state index contributed by atoms with van der Waals surface area (Å²) in [6, 6.07) is 8.10. The van der Waals surface area contributed by atoms with Gasteiger partial charge in [0.2, 0.25) is 0 Å². The molecular weight excluding hydrogens is 361 g/mol. The number of carbonyl (C=O) groups excluding carboxylic acids is 1. The van der Waals surface area contributed by atoms with E-state index in [1.165, 1.54) is 0 Å². The van der Waals surface area contributed by atoms with E-state index in [2.05, 4.69) is 33.5 Å². The SMILES string of the molecule is CN1CCCN(C(=O)c2n[nH]c3c2CNCC3)c2ccccc21.Cl.Cl. The molecule has 2 aliphatic heterocycles. The second-order valence-corrected chi connectivity index (χ2v) is 6.18. The van der Waals surface area contributed by atoms with Crippen LogP contribution < -0.4 is 15.1 Å². The van der Waals surface area contributed by atoms with Gasteiger partial charge in [-0.15, -0.1) is 24.8 Å². The summed E-state index contributed by atoms with van der Waals surface area (Å²) < 4.78 is 0. The lowest BCUT2D eigenvalue weighted by Crippen LogP contribution is -2.33. The van der Waals surface area contributed by atoms with Gasteiger partial charge in [-0.1, -0.05) is 12.1 Å². The molecule has 0 spiro atoms. The van der Waals surface area contributed by atoms with Gasteiger partial charge in [0.15, 0.2) is 5.69 Å². The molecule has 6 nitrogen and oxygen atoms in total. The van der Waals surface area contributed by atoms with Crippen LogP contribution in [0.25, 0.3) is 0 Å². The van der Waals surface area contributed by atoms with E-state index < -0.39 is 0 Å². The summed E-state index contributed by atoms with van der Waals surface area (Å²) in [5, 5.41) is 10.7. The molecule has 4 rings (SSSR count). The number of carbonyl (C=O) groups is 1. The van der Waals surface area contributed by atoms with Crippen molar-refractivity contribution in [2.45, 2.75) is 19.4 Å². The second kappa shape index (κ2) is 8.08. The van der Waals surface area contributed by atoms with E-state index >= 15 is 0 Å². The molecular formula is C17H23Cl2N5O. The van der Waals surface area contributed by atoms with Crippen LogP contribution in [0.2, 0.25) is 0 Å². The van der Waals surface area contributed by atoms with Gasteiger partial charge in [-0.05, 0) is 18.6 Å². The van der Waals surface area contributed by atoms with Crippen molar-refractivity contribution in [3.05, 3.63) is 41.2 Å². The second-order valence-electron chi connectivity index (χ2n) is 6.18. The summed E-state index contributed by atoms with van der Waals surface area (Å²) in [6.07, 6.45) is 1.84. The minimum absolute atomic E-state index is 0. The Hall–Kier alpha value is -1.76. The Labute approximate surface area is 159 Å². The molecule has 0 saturated carbocycles. The highest BCUT2D eigenvalue weighted by molar-refractivity contribution is 6.07. The Balaban J connectivity index is 0.00000113. The summed E-state index contributed by atoms with van der Waals surface area (Å²) in [7, 11) is 2.08. The number of nitrogens with one attached hydrogen (secondary N) is 2. The molecule has 136 valence electrons. The zero-order valence-electron chi connectivity index (χ0n) is 14.1. The van der Waals surface area contributed by atoms with Crippen LogP contribution in [-0.2, 0) is 13.0 Å². The number of hydrogen-bond donors (Lipinski definition) is 2. The minimum Gasteiger partial charge on any atom is -0.373 e.